The van der Waals surface area contributed by atoms with E-state index in [-0.39, 0.29) is 12.0 Å². The molecule has 5 rings (SSSR count). The molecule has 36 heavy (non-hydrogen) atoms. The number of aromatic nitrogens is 2. The molecule has 3 aromatic carbocycles. The number of hydrogen-bond donors (Lipinski definition) is 4. The van der Waals surface area contributed by atoms with Crippen molar-refractivity contribution in [1.29, 1.82) is 0 Å². The molecule has 0 saturated carbocycles. The standard InChI is InChI=1S/C25H22FN5O3S2/c26-18-12-15(10-11-17(18)22-14-23(32)31-36(22,33)34)13-21(24-28-19-8-4-5-9-20(19)29-24)30-25(35)27-16-6-2-1-3-7-16/h1-12,21-22H,13-14H2,(H,28,29)(H,31,32)(H2,27,30,35)/t21-,22?/m0/s1. The second kappa shape index (κ2) is 9.67. The van der Waals surface area contributed by atoms with Crippen LogP contribution in [0.25, 0.3) is 11.0 Å². The minimum absolute atomic E-state index is 0.0355. The van der Waals surface area contributed by atoms with Gasteiger partial charge >= 0.3 is 0 Å². The number of sulfonamides is 1. The Labute approximate surface area is 212 Å². The van der Waals surface area contributed by atoms with E-state index in [1.165, 1.54) is 12.1 Å². The molecule has 1 aliphatic heterocycles. The number of anilines is 1. The van der Waals surface area contributed by atoms with Crippen LogP contribution in [0.2, 0.25) is 0 Å². The number of hydrogen-bond acceptors (Lipinski definition) is 5. The van der Waals surface area contributed by atoms with E-state index in [4.69, 9.17) is 12.2 Å². The maximum Gasteiger partial charge on any atom is 0.242 e. The van der Waals surface area contributed by atoms with E-state index in [9.17, 15) is 13.2 Å². The first-order chi connectivity index (χ1) is 17.3. The molecule has 0 radical (unpaired) electrons. The first-order valence-corrected chi connectivity index (χ1v) is 13.1. The summed E-state index contributed by atoms with van der Waals surface area (Å²) in [6.07, 6.45) is 0.00339. The molecule has 4 N–H and O–H groups in total. The molecule has 8 nitrogen and oxygen atoms in total. The van der Waals surface area contributed by atoms with Crippen molar-refractivity contribution in [2.45, 2.75) is 24.1 Å². The Morgan fingerprint density at radius 3 is 2.56 bits per heavy atom. The topological polar surface area (TPSA) is 116 Å². The Morgan fingerprint density at radius 1 is 1.11 bits per heavy atom. The molecular formula is C25H22FN5O3S2. The van der Waals surface area contributed by atoms with E-state index in [2.05, 4.69) is 20.6 Å². The number of para-hydroxylation sites is 3. The Morgan fingerprint density at radius 2 is 1.86 bits per heavy atom. The SMILES string of the molecule is O=C1CC(c2ccc(C[C@H](NC(=S)Nc3ccccc3)c3nc4ccccc4[nH]3)cc2F)S(=O)(=O)N1. The third-order valence-corrected chi connectivity index (χ3v) is 7.83. The Kier molecular flexibility index (Phi) is 6.42. The second-order valence-corrected chi connectivity index (χ2v) is 10.8. The number of imidazole rings is 1. The molecule has 1 aliphatic rings. The molecule has 1 fully saturated rings. The van der Waals surface area contributed by atoms with Gasteiger partial charge in [-0.25, -0.2) is 17.8 Å². The summed E-state index contributed by atoms with van der Waals surface area (Å²) < 4.78 is 41.3. The van der Waals surface area contributed by atoms with Crippen LogP contribution in [0.15, 0.2) is 72.8 Å². The summed E-state index contributed by atoms with van der Waals surface area (Å²) in [5.41, 5.74) is 3.02. The van der Waals surface area contributed by atoms with Gasteiger partial charge in [-0.1, -0.05) is 42.5 Å². The Balaban J connectivity index is 1.42. The van der Waals surface area contributed by atoms with Gasteiger partial charge in [0.1, 0.15) is 16.9 Å². The zero-order chi connectivity index (χ0) is 25.3. The number of halogens is 1. The molecule has 0 bridgehead atoms. The van der Waals surface area contributed by atoms with Crippen LogP contribution in [-0.2, 0) is 21.2 Å². The van der Waals surface area contributed by atoms with Crippen molar-refractivity contribution in [3.05, 3.63) is 95.6 Å². The molecule has 1 saturated heterocycles. The van der Waals surface area contributed by atoms with Gasteiger partial charge in [0, 0.05) is 11.3 Å². The van der Waals surface area contributed by atoms with Gasteiger partial charge in [0.05, 0.1) is 23.5 Å². The minimum atomic E-state index is -3.94. The summed E-state index contributed by atoms with van der Waals surface area (Å²) in [5, 5.41) is 5.51. The maximum atomic E-state index is 15.1. The van der Waals surface area contributed by atoms with Gasteiger partial charge < -0.3 is 15.6 Å². The van der Waals surface area contributed by atoms with E-state index in [0.717, 1.165) is 16.7 Å². The number of nitrogens with one attached hydrogen (secondary N) is 4. The minimum Gasteiger partial charge on any atom is -0.352 e. The van der Waals surface area contributed by atoms with Crippen LogP contribution in [0.1, 0.15) is 34.7 Å². The third-order valence-electron chi connectivity index (χ3n) is 5.93. The van der Waals surface area contributed by atoms with Crippen molar-refractivity contribution in [2.75, 3.05) is 5.32 Å². The molecule has 1 amide bonds. The van der Waals surface area contributed by atoms with Gasteiger partial charge in [0.25, 0.3) is 0 Å². The van der Waals surface area contributed by atoms with E-state index in [1.54, 1.807) is 6.07 Å². The van der Waals surface area contributed by atoms with Crippen LogP contribution in [0, 0.1) is 5.82 Å². The zero-order valence-corrected chi connectivity index (χ0v) is 20.5. The molecule has 0 spiro atoms. The summed E-state index contributed by atoms with van der Waals surface area (Å²) >= 11 is 5.52. The van der Waals surface area contributed by atoms with Gasteiger partial charge in [-0.3, -0.25) is 9.52 Å². The van der Waals surface area contributed by atoms with Gasteiger partial charge in [0.15, 0.2) is 5.11 Å². The van der Waals surface area contributed by atoms with Crippen molar-refractivity contribution < 1.29 is 17.6 Å². The highest BCUT2D eigenvalue weighted by molar-refractivity contribution is 7.90. The number of aromatic amines is 1. The van der Waals surface area contributed by atoms with E-state index in [1.807, 2.05) is 59.3 Å². The molecule has 11 heteroatoms. The molecule has 4 aromatic rings. The fourth-order valence-corrected chi connectivity index (χ4v) is 5.92. The zero-order valence-electron chi connectivity index (χ0n) is 18.9. The first kappa shape index (κ1) is 23.9. The Bertz CT molecular complexity index is 1520. The number of carbonyl (C=O) groups is 1. The predicted molar refractivity (Wildman–Crippen MR) is 139 cm³/mol. The average molecular weight is 524 g/mol. The van der Waals surface area contributed by atoms with Crippen molar-refractivity contribution in [2.24, 2.45) is 0 Å². The molecule has 1 aromatic heterocycles. The number of amides is 1. The summed E-state index contributed by atoms with van der Waals surface area (Å²) in [6.45, 7) is 0. The predicted octanol–water partition coefficient (Wildman–Crippen LogP) is 3.86. The fraction of sp³-hybridized carbons (Fsp3) is 0.160. The normalized spacial score (nSPS) is 17.5. The smallest absolute Gasteiger partial charge is 0.242 e. The van der Waals surface area contributed by atoms with Gasteiger partial charge in [-0.05, 0) is 54.5 Å². The van der Waals surface area contributed by atoms with E-state index in [0.29, 0.717) is 22.9 Å². The number of fused-ring (bicyclic) bond motifs is 1. The van der Waals surface area contributed by atoms with Crippen LogP contribution in [0.4, 0.5) is 10.1 Å². The molecule has 2 atom stereocenters. The number of nitrogens with zero attached hydrogens (tertiary/aromatic N) is 1. The number of carbonyl (C=O) groups excluding carboxylic acids is 1. The van der Waals surface area contributed by atoms with E-state index < -0.39 is 33.0 Å². The van der Waals surface area contributed by atoms with Gasteiger partial charge in [-0.15, -0.1) is 0 Å². The molecule has 2 heterocycles. The van der Waals surface area contributed by atoms with Crippen LogP contribution in [0.5, 0.6) is 0 Å². The van der Waals surface area contributed by atoms with Crippen molar-refractivity contribution in [1.82, 2.24) is 20.0 Å². The lowest BCUT2D eigenvalue weighted by Gasteiger charge is -2.20. The lowest BCUT2D eigenvalue weighted by Crippen LogP contribution is -2.34. The monoisotopic (exact) mass is 523 g/mol. The number of thiocarbonyl (C=S) groups is 1. The van der Waals surface area contributed by atoms with Crippen molar-refractivity contribution in [3.63, 3.8) is 0 Å². The maximum absolute atomic E-state index is 15.1. The van der Waals surface area contributed by atoms with Crippen LogP contribution in [-0.4, -0.2) is 29.4 Å². The van der Waals surface area contributed by atoms with Crippen LogP contribution < -0.4 is 15.4 Å². The fourth-order valence-electron chi connectivity index (χ4n) is 4.22. The highest BCUT2D eigenvalue weighted by Crippen LogP contribution is 2.32. The number of benzene rings is 3. The van der Waals surface area contributed by atoms with Crippen LogP contribution in [0.3, 0.4) is 0 Å². The quantitative estimate of drug-likeness (QED) is 0.284. The lowest BCUT2D eigenvalue weighted by molar-refractivity contribution is -0.118. The number of rotatable bonds is 6. The van der Waals surface area contributed by atoms with Gasteiger partial charge in [0.2, 0.25) is 15.9 Å². The van der Waals surface area contributed by atoms with Gasteiger partial charge in [-0.2, -0.15) is 0 Å². The largest absolute Gasteiger partial charge is 0.352 e. The highest BCUT2D eigenvalue weighted by atomic mass is 32.2. The summed E-state index contributed by atoms with van der Waals surface area (Å²) in [4.78, 5) is 19.5. The number of H-pyrrole nitrogens is 1. The average Bonchev–Trinajstić information content (AvgIpc) is 3.38. The molecule has 0 aliphatic carbocycles. The van der Waals surface area contributed by atoms with Crippen molar-refractivity contribution >= 4 is 50.0 Å². The second-order valence-electron chi connectivity index (χ2n) is 8.48. The van der Waals surface area contributed by atoms with E-state index >= 15 is 4.39 Å². The summed E-state index contributed by atoms with van der Waals surface area (Å²) in [5.74, 6) is -0.714. The molecule has 1 unspecified atom stereocenters. The highest BCUT2D eigenvalue weighted by Gasteiger charge is 2.39. The Hall–Kier alpha value is -3.83. The summed E-state index contributed by atoms with van der Waals surface area (Å²) in [6, 6.07) is 21.0. The van der Waals surface area contributed by atoms with Crippen molar-refractivity contribution in [3.8, 4) is 0 Å². The first-order valence-electron chi connectivity index (χ1n) is 11.2. The third kappa shape index (κ3) is 5.07. The summed E-state index contributed by atoms with van der Waals surface area (Å²) in [7, 11) is -3.94. The molecule has 184 valence electrons. The lowest BCUT2D eigenvalue weighted by atomic mass is 10.0. The molecular weight excluding hydrogens is 501 g/mol. The van der Waals surface area contributed by atoms with Crippen LogP contribution >= 0.6 is 12.2 Å².